The number of hydrogen-bond donors (Lipinski definition) is 1. The number of hydrogen-bond acceptors (Lipinski definition) is 3. The van der Waals surface area contributed by atoms with Gasteiger partial charge in [0, 0.05) is 10.8 Å². The molecular weight excluding hydrogens is 287 g/mol. The second kappa shape index (κ2) is 6.18. The lowest BCUT2D eigenvalue weighted by atomic mass is 10.1. The number of thioether (sulfide) groups is 1. The van der Waals surface area contributed by atoms with Gasteiger partial charge in [-0.3, -0.25) is 4.99 Å². The monoisotopic (exact) mass is 302 g/mol. The summed E-state index contributed by atoms with van der Waals surface area (Å²) in [5.41, 5.74) is 0.859. The van der Waals surface area contributed by atoms with Crippen molar-refractivity contribution in [1.82, 2.24) is 0 Å². The van der Waals surface area contributed by atoms with Crippen molar-refractivity contribution in [3.8, 4) is 0 Å². The SMILES string of the molecule is CC(C)CC1CSC(Nc2ccc(Cl)cc2Cl)=N1. The third-order valence-corrected chi connectivity index (χ3v) is 4.21. The molecule has 0 saturated heterocycles. The molecule has 18 heavy (non-hydrogen) atoms. The topological polar surface area (TPSA) is 24.4 Å². The van der Waals surface area contributed by atoms with Crippen molar-refractivity contribution in [3.05, 3.63) is 28.2 Å². The Morgan fingerprint density at radius 2 is 2.22 bits per heavy atom. The summed E-state index contributed by atoms with van der Waals surface area (Å²) in [6.45, 7) is 4.45. The lowest BCUT2D eigenvalue weighted by molar-refractivity contribution is 0.529. The highest BCUT2D eigenvalue weighted by atomic mass is 35.5. The van der Waals surface area contributed by atoms with Gasteiger partial charge in [-0.1, -0.05) is 48.8 Å². The van der Waals surface area contributed by atoms with E-state index in [0.29, 0.717) is 22.0 Å². The first-order valence-corrected chi connectivity index (χ1v) is 7.71. The summed E-state index contributed by atoms with van der Waals surface area (Å²) in [5, 5.41) is 5.48. The van der Waals surface area contributed by atoms with Crippen LogP contribution in [0, 0.1) is 5.92 Å². The number of benzene rings is 1. The lowest BCUT2D eigenvalue weighted by Gasteiger charge is -2.08. The Balaban J connectivity index is 2.02. The van der Waals surface area contributed by atoms with Gasteiger partial charge in [-0.15, -0.1) is 0 Å². The van der Waals surface area contributed by atoms with Crippen molar-refractivity contribution >= 4 is 45.8 Å². The van der Waals surface area contributed by atoms with Crippen LogP contribution < -0.4 is 5.32 Å². The van der Waals surface area contributed by atoms with Crippen LogP contribution in [0.1, 0.15) is 20.3 Å². The number of nitrogens with one attached hydrogen (secondary N) is 1. The van der Waals surface area contributed by atoms with Crippen LogP contribution in [0.5, 0.6) is 0 Å². The zero-order valence-corrected chi connectivity index (χ0v) is 12.7. The summed E-state index contributed by atoms with van der Waals surface area (Å²) in [5.74, 6) is 1.73. The fourth-order valence-electron chi connectivity index (χ4n) is 1.85. The minimum Gasteiger partial charge on any atom is -0.334 e. The second-order valence-electron chi connectivity index (χ2n) is 4.78. The van der Waals surface area contributed by atoms with Gasteiger partial charge in [0.1, 0.15) is 0 Å². The van der Waals surface area contributed by atoms with Crippen molar-refractivity contribution in [1.29, 1.82) is 0 Å². The maximum atomic E-state index is 6.12. The molecule has 1 atom stereocenters. The summed E-state index contributed by atoms with van der Waals surface area (Å²) >= 11 is 13.7. The van der Waals surface area contributed by atoms with E-state index in [1.165, 1.54) is 0 Å². The zero-order chi connectivity index (χ0) is 13.1. The van der Waals surface area contributed by atoms with Crippen LogP contribution >= 0.6 is 35.0 Å². The molecule has 0 spiro atoms. The fraction of sp³-hybridized carbons (Fsp3) is 0.462. The Kier molecular flexibility index (Phi) is 4.82. The van der Waals surface area contributed by atoms with Crippen molar-refractivity contribution in [3.63, 3.8) is 0 Å². The van der Waals surface area contributed by atoms with Crippen molar-refractivity contribution in [2.75, 3.05) is 11.1 Å². The average molecular weight is 303 g/mol. The number of rotatable bonds is 3. The molecule has 1 aromatic rings. The first kappa shape index (κ1) is 14.0. The molecule has 0 bridgehead atoms. The number of amidine groups is 1. The number of aliphatic imine (C=N–C) groups is 1. The van der Waals surface area contributed by atoms with Gasteiger partial charge in [-0.2, -0.15) is 0 Å². The minimum absolute atomic E-state index is 0.420. The summed E-state index contributed by atoms with van der Waals surface area (Å²) in [7, 11) is 0. The molecular formula is C13H16Cl2N2S. The first-order valence-electron chi connectivity index (χ1n) is 5.97. The van der Waals surface area contributed by atoms with Gasteiger partial charge in [0.05, 0.1) is 16.8 Å². The molecule has 0 saturated carbocycles. The van der Waals surface area contributed by atoms with E-state index in [0.717, 1.165) is 23.0 Å². The maximum absolute atomic E-state index is 6.12. The quantitative estimate of drug-likeness (QED) is 0.857. The Bertz CT molecular complexity index is 460. The van der Waals surface area contributed by atoms with Gasteiger partial charge in [-0.05, 0) is 30.5 Å². The van der Waals surface area contributed by atoms with E-state index in [1.807, 2.05) is 12.1 Å². The van der Waals surface area contributed by atoms with Gasteiger partial charge >= 0.3 is 0 Å². The first-order chi connectivity index (χ1) is 8.54. The van der Waals surface area contributed by atoms with E-state index >= 15 is 0 Å². The summed E-state index contributed by atoms with van der Waals surface area (Å²) in [6.07, 6.45) is 1.13. The molecule has 2 rings (SSSR count). The molecule has 1 unspecified atom stereocenters. The fourth-order valence-corrected chi connectivity index (χ4v) is 3.28. The zero-order valence-electron chi connectivity index (χ0n) is 10.4. The normalized spacial score (nSPS) is 19.2. The molecule has 1 N–H and O–H groups in total. The average Bonchev–Trinajstić information content (AvgIpc) is 2.69. The molecule has 0 aliphatic carbocycles. The third-order valence-electron chi connectivity index (χ3n) is 2.63. The summed E-state index contributed by atoms with van der Waals surface area (Å²) < 4.78 is 0. The van der Waals surface area contributed by atoms with Crippen LogP contribution in [0.3, 0.4) is 0 Å². The highest BCUT2D eigenvalue weighted by Crippen LogP contribution is 2.29. The Morgan fingerprint density at radius 3 is 2.89 bits per heavy atom. The predicted octanol–water partition coefficient (Wildman–Crippen LogP) is 4.92. The van der Waals surface area contributed by atoms with Gasteiger partial charge in [0.15, 0.2) is 5.17 Å². The molecule has 0 aromatic heterocycles. The van der Waals surface area contributed by atoms with Crippen molar-refractivity contribution in [2.24, 2.45) is 10.9 Å². The number of halogens is 2. The van der Waals surface area contributed by atoms with E-state index in [1.54, 1.807) is 17.8 Å². The predicted molar refractivity (Wildman–Crippen MR) is 83.2 cm³/mol. The Hall–Kier alpha value is -0.380. The van der Waals surface area contributed by atoms with E-state index in [2.05, 4.69) is 24.2 Å². The highest BCUT2D eigenvalue weighted by molar-refractivity contribution is 8.14. The molecule has 1 heterocycles. The van der Waals surface area contributed by atoms with Crippen LogP contribution in [0.15, 0.2) is 23.2 Å². The highest BCUT2D eigenvalue weighted by Gasteiger charge is 2.19. The molecule has 0 radical (unpaired) electrons. The largest absolute Gasteiger partial charge is 0.334 e. The van der Waals surface area contributed by atoms with Crippen LogP contribution in [-0.4, -0.2) is 17.0 Å². The van der Waals surface area contributed by atoms with Gasteiger partial charge in [-0.25, -0.2) is 0 Å². The molecule has 98 valence electrons. The molecule has 0 fully saturated rings. The lowest BCUT2D eigenvalue weighted by Crippen LogP contribution is -2.08. The minimum atomic E-state index is 0.420. The van der Waals surface area contributed by atoms with Gasteiger partial charge < -0.3 is 5.32 Å². The smallest absolute Gasteiger partial charge is 0.161 e. The molecule has 1 aliphatic heterocycles. The van der Waals surface area contributed by atoms with E-state index in [9.17, 15) is 0 Å². The van der Waals surface area contributed by atoms with Gasteiger partial charge in [0.25, 0.3) is 0 Å². The maximum Gasteiger partial charge on any atom is 0.161 e. The Morgan fingerprint density at radius 1 is 1.44 bits per heavy atom. The van der Waals surface area contributed by atoms with Gasteiger partial charge in [0.2, 0.25) is 0 Å². The number of nitrogens with zero attached hydrogens (tertiary/aromatic N) is 1. The van der Waals surface area contributed by atoms with Crippen LogP contribution in [0.25, 0.3) is 0 Å². The van der Waals surface area contributed by atoms with Crippen LogP contribution in [0.2, 0.25) is 10.0 Å². The Labute approximate surface area is 122 Å². The van der Waals surface area contributed by atoms with E-state index in [-0.39, 0.29) is 0 Å². The molecule has 5 heteroatoms. The second-order valence-corrected chi connectivity index (χ2v) is 6.63. The van der Waals surface area contributed by atoms with E-state index < -0.39 is 0 Å². The van der Waals surface area contributed by atoms with Crippen molar-refractivity contribution in [2.45, 2.75) is 26.3 Å². The molecule has 1 aliphatic rings. The standard InChI is InChI=1S/C13H16Cl2N2S/c1-8(2)5-10-7-18-13(16-10)17-12-4-3-9(14)6-11(12)15/h3-4,6,8,10H,5,7H2,1-2H3,(H,16,17). The third kappa shape index (κ3) is 3.81. The van der Waals surface area contributed by atoms with Crippen LogP contribution in [0.4, 0.5) is 5.69 Å². The molecule has 1 aromatic carbocycles. The summed E-state index contributed by atoms with van der Waals surface area (Å²) in [4.78, 5) is 4.66. The molecule has 2 nitrogen and oxygen atoms in total. The van der Waals surface area contributed by atoms with E-state index in [4.69, 9.17) is 23.2 Å². The summed E-state index contributed by atoms with van der Waals surface area (Å²) in [6, 6.07) is 5.85. The molecule has 0 amide bonds. The van der Waals surface area contributed by atoms with Crippen LogP contribution in [-0.2, 0) is 0 Å². The number of anilines is 1. The van der Waals surface area contributed by atoms with Crippen molar-refractivity contribution < 1.29 is 0 Å².